The molecule has 2 N–H and O–H groups in total. The number of unbranched alkanes of at least 4 members (excludes halogenated alkanes) is 1. The molecule has 0 amide bonds. The molecule has 4 nitrogen and oxygen atoms in total. The van der Waals surface area contributed by atoms with Gasteiger partial charge in [0.1, 0.15) is 0 Å². The highest BCUT2D eigenvalue weighted by atomic mass is 127. The van der Waals surface area contributed by atoms with Crippen LogP contribution < -0.4 is 10.6 Å². The molecule has 0 aliphatic rings. The number of benzene rings is 1. The molecule has 0 fully saturated rings. The molecule has 22 heavy (non-hydrogen) atoms. The van der Waals surface area contributed by atoms with Crippen LogP contribution in [0, 0.1) is 6.92 Å². The SMILES string of the molecule is CCCCOCCNC(=NCc1ccc(C)cc1)NCC.I. The van der Waals surface area contributed by atoms with Crippen molar-refractivity contribution in [3.63, 3.8) is 0 Å². The smallest absolute Gasteiger partial charge is 0.191 e. The van der Waals surface area contributed by atoms with Crippen molar-refractivity contribution in [1.82, 2.24) is 10.6 Å². The molecule has 0 atom stereocenters. The summed E-state index contributed by atoms with van der Waals surface area (Å²) in [4.78, 5) is 4.59. The van der Waals surface area contributed by atoms with Crippen LogP contribution in [0.1, 0.15) is 37.8 Å². The number of aryl methyl sites for hydroxylation is 1. The minimum atomic E-state index is 0. The Morgan fingerprint density at radius 1 is 1.09 bits per heavy atom. The predicted molar refractivity (Wildman–Crippen MR) is 105 cm³/mol. The Labute approximate surface area is 152 Å². The lowest BCUT2D eigenvalue weighted by molar-refractivity contribution is 0.136. The highest BCUT2D eigenvalue weighted by Gasteiger charge is 1.97. The number of aliphatic imine (C=N–C) groups is 1. The van der Waals surface area contributed by atoms with Gasteiger partial charge in [-0.2, -0.15) is 0 Å². The predicted octanol–water partition coefficient (Wildman–Crippen LogP) is 3.48. The van der Waals surface area contributed by atoms with E-state index < -0.39 is 0 Å². The second-order valence-electron chi connectivity index (χ2n) is 5.07. The van der Waals surface area contributed by atoms with Crippen molar-refractivity contribution in [1.29, 1.82) is 0 Å². The Morgan fingerprint density at radius 3 is 2.45 bits per heavy atom. The summed E-state index contributed by atoms with van der Waals surface area (Å²) in [5, 5.41) is 6.54. The fourth-order valence-corrected chi connectivity index (χ4v) is 1.80. The monoisotopic (exact) mass is 419 g/mol. The van der Waals surface area contributed by atoms with Crippen molar-refractivity contribution < 1.29 is 4.74 Å². The minimum Gasteiger partial charge on any atom is -0.380 e. The average molecular weight is 419 g/mol. The quantitative estimate of drug-likeness (QED) is 0.279. The van der Waals surface area contributed by atoms with Gasteiger partial charge >= 0.3 is 0 Å². The summed E-state index contributed by atoms with van der Waals surface area (Å²) < 4.78 is 5.53. The molecule has 1 rings (SSSR count). The van der Waals surface area contributed by atoms with Crippen LogP contribution in [0.3, 0.4) is 0 Å². The van der Waals surface area contributed by atoms with Gasteiger partial charge in [0.05, 0.1) is 13.2 Å². The molecular formula is C17H30IN3O. The van der Waals surface area contributed by atoms with Gasteiger partial charge in [-0.3, -0.25) is 0 Å². The Hall–Kier alpha value is -0.820. The van der Waals surface area contributed by atoms with E-state index in [1.165, 1.54) is 17.5 Å². The van der Waals surface area contributed by atoms with Crippen LogP contribution in [-0.2, 0) is 11.3 Å². The zero-order valence-electron chi connectivity index (χ0n) is 14.0. The van der Waals surface area contributed by atoms with Gasteiger partial charge in [0.15, 0.2) is 5.96 Å². The molecule has 0 saturated heterocycles. The van der Waals surface area contributed by atoms with Gasteiger partial charge in [-0.1, -0.05) is 43.2 Å². The van der Waals surface area contributed by atoms with Crippen LogP contribution in [0.25, 0.3) is 0 Å². The fourth-order valence-electron chi connectivity index (χ4n) is 1.80. The lowest BCUT2D eigenvalue weighted by atomic mass is 10.1. The first-order chi connectivity index (χ1) is 10.3. The summed E-state index contributed by atoms with van der Waals surface area (Å²) in [5.41, 5.74) is 2.49. The van der Waals surface area contributed by atoms with E-state index in [-0.39, 0.29) is 24.0 Å². The fraction of sp³-hybridized carbons (Fsp3) is 0.588. The van der Waals surface area contributed by atoms with Gasteiger partial charge in [0.2, 0.25) is 0 Å². The Morgan fingerprint density at radius 2 is 1.82 bits per heavy atom. The van der Waals surface area contributed by atoms with Crippen molar-refractivity contribution in [2.45, 2.75) is 40.2 Å². The molecule has 0 aliphatic heterocycles. The number of hydrogen-bond donors (Lipinski definition) is 2. The van der Waals surface area contributed by atoms with Crippen LogP contribution >= 0.6 is 24.0 Å². The summed E-state index contributed by atoms with van der Waals surface area (Å²) in [5.74, 6) is 0.845. The lowest BCUT2D eigenvalue weighted by Crippen LogP contribution is -2.39. The molecule has 5 heteroatoms. The van der Waals surface area contributed by atoms with Crippen LogP contribution in [0.5, 0.6) is 0 Å². The minimum absolute atomic E-state index is 0. The Kier molecular flexibility index (Phi) is 13.3. The van der Waals surface area contributed by atoms with Gasteiger partial charge in [-0.05, 0) is 25.8 Å². The van der Waals surface area contributed by atoms with E-state index in [1.807, 2.05) is 0 Å². The molecule has 0 heterocycles. The topological polar surface area (TPSA) is 45.6 Å². The molecular weight excluding hydrogens is 389 g/mol. The van der Waals surface area contributed by atoms with E-state index in [0.717, 1.165) is 38.7 Å². The number of halogens is 1. The van der Waals surface area contributed by atoms with Crippen LogP contribution in [0.15, 0.2) is 29.3 Å². The number of nitrogens with zero attached hydrogens (tertiary/aromatic N) is 1. The third-order valence-electron chi connectivity index (χ3n) is 3.07. The summed E-state index contributed by atoms with van der Waals surface area (Å²) in [7, 11) is 0. The molecule has 0 bridgehead atoms. The number of nitrogens with one attached hydrogen (secondary N) is 2. The molecule has 1 aromatic carbocycles. The standard InChI is InChI=1S/C17H29N3O.HI/c1-4-6-12-21-13-11-19-17(18-5-2)20-14-16-9-7-15(3)8-10-16;/h7-10H,4-6,11-14H2,1-3H3,(H2,18,19,20);1H. The van der Waals surface area contributed by atoms with E-state index in [1.54, 1.807) is 0 Å². The van der Waals surface area contributed by atoms with Gasteiger partial charge in [0.25, 0.3) is 0 Å². The Balaban J connectivity index is 0.00000441. The first kappa shape index (κ1) is 21.2. The third kappa shape index (κ3) is 10.00. The van der Waals surface area contributed by atoms with E-state index >= 15 is 0 Å². The summed E-state index contributed by atoms with van der Waals surface area (Å²) >= 11 is 0. The maximum absolute atomic E-state index is 5.53. The van der Waals surface area contributed by atoms with Crippen molar-refractivity contribution in [2.24, 2.45) is 4.99 Å². The van der Waals surface area contributed by atoms with Crippen LogP contribution in [-0.4, -0.2) is 32.3 Å². The van der Waals surface area contributed by atoms with Gasteiger partial charge in [-0.25, -0.2) is 4.99 Å². The molecule has 0 aliphatic carbocycles. The molecule has 0 saturated carbocycles. The summed E-state index contributed by atoms with van der Waals surface area (Å²) in [6, 6.07) is 8.48. The van der Waals surface area contributed by atoms with Gasteiger partial charge in [0, 0.05) is 19.7 Å². The van der Waals surface area contributed by atoms with Crippen molar-refractivity contribution in [2.75, 3.05) is 26.3 Å². The van der Waals surface area contributed by atoms with Gasteiger partial charge in [-0.15, -0.1) is 24.0 Å². The largest absolute Gasteiger partial charge is 0.380 e. The van der Waals surface area contributed by atoms with E-state index in [9.17, 15) is 0 Å². The molecule has 1 aromatic rings. The second kappa shape index (κ2) is 13.8. The first-order valence-corrected chi connectivity index (χ1v) is 7.91. The lowest BCUT2D eigenvalue weighted by Gasteiger charge is -2.11. The van der Waals surface area contributed by atoms with E-state index in [2.05, 4.69) is 60.7 Å². The molecule has 0 spiro atoms. The average Bonchev–Trinajstić information content (AvgIpc) is 2.49. The molecule has 126 valence electrons. The van der Waals surface area contributed by atoms with E-state index in [0.29, 0.717) is 6.54 Å². The van der Waals surface area contributed by atoms with Gasteiger partial charge < -0.3 is 15.4 Å². The molecule has 0 radical (unpaired) electrons. The van der Waals surface area contributed by atoms with E-state index in [4.69, 9.17) is 4.74 Å². The van der Waals surface area contributed by atoms with Crippen LogP contribution in [0.2, 0.25) is 0 Å². The Bertz CT molecular complexity index is 407. The normalized spacial score (nSPS) is 11.0. The first-order valence-electron chi connectivity index (χ1n) is 7.91. The van der Waals surface area contributed by atoms with Crippen molar-refractivity contribution >= 4 is 29.9 Å². The maximum atomic E-state index is 5.53. The number of guanidine groups is 1. The number of hydrogen-bond acceptors (Lipinski definition) is 2. The van der Waals surface area contributed by atoms with Crippen LogP contribution in [0.4, 0.5) is 0 Å². The molecule has 0 unspecified atom stereocenters. The third-order valence-corrected chi connectivity index (χ3v) is 3.07. The maximum Gasteiger partial charge on any atom is 0.191 e. The zero-order valence-corrected chi connectivity index (χ0v) is 16.4. The summed E-state index contributed by atoms with van der Waals surface area (Å²) in [6.07, 6.45) is 2.30. The molecule has 0 aromatic heterocycles. The number of rotatable bonds is 9. The second-order valence-corrected chi connectivity index (χ2v) is 5.07. The zero-order chi connectivity index (χ0) is 15.3. The van der Waals surface area contributed by atoms with Crippen molar-refractivity contribution in [3.8, 4) is 0 Å². The highest BCUT2D eigenvalue weighted by Crippen LogP contribution is 2.04. The van der Waals surface area contributed by atoms with Crippen molar-refractivity contribution in [3.05, 3.63) is 35.4 Å². The summed E-state index contributed by atoms with van der Waals surface area (Å²) in [6.45, 7) is 10.2. The highest BCUT2D eigenvalue weighted by molar-refractivity contribution is 14.0. The number of ether oxygens (including phenoxy) is 1.